The average molecular weight is 867 g/mol. The van der Waals surface area contributed by atoms with E-state index >= 15 is 0 Å². The molecule has 2 aromatic heterocycles. The molecule has 6 aromatic rings. The van der Waals surface area contributed by atoms with Gasteiger partial charge in [-0.05, 0) is 54.7 Å². The van der Waals surface area contributed by atoms with Crippen molar-refractivity contribution < 1.29 is 48.2 Å². The number of non-ortho nitro benzene ring substituents is 4. The van der Waals surface area contributed by atoms with Crippen molar-refractivity contribution in [1.82, 2.24) is 30.0 Å². The quantitative estimate of drug-likeness (QED) is 0.0315. The number of nitro groups is 4. The second-order valence-electron chi connectivity index (χ2n) is 13.5. The van der Waals surface area contributed by atoms with Crippen LogP contribution in [-0.4, -0.2) is 61.6 Å². The molecule has 0 saturated carbocycles. The predicted molar refractivity (Wildman–Crippen MR) is 213 cm³/mol. The number of nitro benzene ring substituents is 4. The van der Waals surface area contributed by atoms with Crippen LogP contribution in [0, 0.1) is 40.5 Å². The Balaban J connectivity index is 0.847. The standard InChI is InChI=1S/C39H34N10O14/c50-38(28-14-32(46(52)53)18-33(15-28)47(54)55)62-22-26-4-8-36(9-5-26)60-24-30-20-44(42-40-30)12-2-1-3-13-45-21-31(41-43-45)25-61-37-10-6-27(7-11-37)23-63-39(51)29-16-34(48(56)57)19-35(17-29)49(58)59/h4-11,14-21H,1-3,12-13,22-25H2. The van der Waals surface area contributed by atoms with Crippen molar-refractivity contribution in [1.29, 1.82) is 0 Å². The van der Waals surface area contributed by atoms with Crippen LogP contribution in [0.5, 0.6) is 11.5 Å². The smallest absolute Gasteiger partial charge is 0.338 e. The summed E-state index contributed by atoms with van der Waals surface area (Å²) >= 11 is 0. The van der Waals surface area contributed by atoms with Crippen molar-refractivity contribution in [2.45, 2.75) is 58.8 Å². The summed E-state index contributed by atoms with van der Waals surface area (Å²) in [6.45, 7) is 1.24. The molecule has 0 atom stereocenters. The Morgan fingerprint density at radius 1 is 0.492 bits per heavy atom. The minimum absolute atomic E-state index is 0.157. The number of carbonyl (C=O) groups excluding carboxylic acids is 2. The number of hydrogen-bond donors (Lipinski definition) is 0. The third-order valence-electron chi connectivity index (χ3n) is 8.93. The van der Waals surface area contributed by atoms with Crippen LogP contribution in [0.15, 0.2) is 97.3 Å². The maximum absolute atomic E-state index is 12.5. The fraction of sp³-hybridized carbons (Fsp3) is 0.231. The zero-order valence-corrected chi connectivity index (χ0v) is 32.8. The number of aryl methyl sites for hydroxylation is 2. The number of esters is 2. The second-order valence-corrected chi connectivity index (χ2v) is 13.5. The Morgan fingerprint density at radius 3 is 1.17 bits per heavy atom. The van der Waals surface area contributed by atoms with Crippen molar-refractivity contribution >= 4 is 34.7 Å². The molecule has 63 heavy (non-hydrogen) atoms. The van der Waals surface area contributed by atoms with Gasteiger partial charge >= 0.3 is 11.9 Å². The summed E-state index contributed by atoms with van der Waals surface area (Å²) in [5, 5.41) is 61.0. The summed E-state index contributed by atoms with van der Waals surface area (Å²) in [5.74, 6) is -0.858. The molecular formula is C39H34N10O14. The molecule has 0 amide bonds. The molecule has 0 saturated heterocycles. The highest BCUT2D eigenvalue weighted by molar-refractivity contribution is 5.91. The van der Waals surface area contributed by atoms with E-state index in [-0.39, 0.29) is 37.6 Å². The van der Waals surface area contributed by atoms with Gasteiger partial charge in [0.25, 0.3) is 22.7 Å². The monoisotopic (exact) mass is 866 g/mol. The molecule has 6 rings (SSSR count). The lowest BCUT2D eigenvalue weighted by Crippen LogP contribution is -2.07. The van der Waals surface area contributed by atoms with E-state index in [9.17, 15) is 50.0 Å². The van der Waals surface area contributed by atoms with E-state index in [0.717, 1.165) is 55.7 Å². The number of unbranched alkanes of at least 4 members (excludes halogenated alkanes) is 2. The van der Waals surface area contributed by atoms with Crippen LogP contribution >= 0.6 is 0 Å². The number of hydrogen-bond acceptors (Lipinski definition) is 18. The van der Waals surface area contributed by atoms with Gasteiger partial charge in [-0.25, -0.2) is 9.59 Å². The molecule has 0 bridgehead atoms. The molecule has 4 aromatic carbocycles. The van der Waals surface area contributed by atoms with Crippen molar-refractivity contribution in [3.8, 4) is 11.5 Å². The number of carbonyl (C=O) groups is 2. The Hall–Kier alpha value is -8.70. The van der Waals surface area contributed by atoms with E-state index in [1.165, 1.54) is 0 Å². The number of rotatable bonds is 22. The van der Waals surface area contributed by atoms with Crippen molar-refractivity contribution in [2.75, 3.05) is 0 Å². The Morgan fingerprint density at radius 2 is 0.841 bits per heavy atom. The molecule has 0 radical (unpaired) electrons. The number of aromatic nitrogens is 6. The molecular weight excluding hydrogens is 832 g/mol. The van der Waals surface area contributed by atoms with E-state index in [1.807, 2.05) is 0 Å². The zero-order valence-electron chi connectivity index (χ0n) is 32.8. The summed E-state index contributed by atoms with van der Waals surface area (Å²) in [6.07, 6.45) is 6.14. The van der Waals surface area contributed by atoms with Crippen LogP contribution in [0.3, 0.4) is 0 Å². The number of ether oxygens (including phenoxy) is 4. The van der Waals surface area contributed by atoms with Gasteiger partial charge in [-0.15, -0.1) is 10.2 Å². The average Bonchev–Trinajstić information content (AvgIpc) is 3.95. The summed E-state index contributed by atoms with van der Waals surface area (Å²) < 4.78 is 25.4. The van der Waals surface area contributed by atoms with Crippen molar-refractivity contribution in [2.24, 2.45) is 0 Å². The zero-order chi connectivity index (χ0) is 44.9. The van der Waals surface area contributed by atoms with E-state index in [4.69, 9.17) is 18.9 Å². The molecule has 24 nitrogen and oxygen atoms in total. The fourth-order valence-corrected chi connectivity index (χ4v) is 5.74. The number of benzene rings is 4. The lowest BCUT2D eigenvalue weighted by Gasteiger charge is -2.07. The lowest BCUT2D eigenvalue weighted by molar-refractivity contribution is -0.394. The van der Waals surface area contributed by atoms with Crippen LogP contribution in [0.4, 0.5) is 22.7 Å². The minimum atomic E-state index is -0.949. The molecule has 0 aliphatic carbocycles. The van der Waals surface area contributed by atoms with Gasteiger partial charge in [-0.1, -0.05) is 34.7 Å². The second kappa shape index (κ2) is 20.5. The maximum Gasteiger partial charge on any atom is 0.338 e. The van der Waals surface area contributed by atoms with Crippen LogP contribution in [0.2, 0.25) is 0 Å². The molecule has 0 fully saturated rings. The fourth-order valence-electron chi connectivity index (χ4n) is 5.74. The summed E-state index contributed by atoms with van der Waals surface area (Å²) in [7, 11) is 0. The molecule has 324 valence electrons. The molecule has 2 heterocycles. The Bertz CT molecular complexity index is 2390. The summed E-state index contributed by atoms with van der Waals surface area (Å²) in [4.78, 5) is 66.0. The van der Waals surface area contributed by atoms with Gasteiger partial charge in [0.2, 0.25) is 0 Å². The van der Waals surface area contributed by atoms with Crippen LogP contribution in [-0.2, 0) is 49.0 Å². The first kappa shape index (κ1) is 43.9. The highest BCUT2D eigenvalue weighted by Gasteiger charge is 2.22. The first-order valence-electron chi connectivity index (χ1n) is 18.7. The molecule has 0 aliphatic heterocycles. The molecule has 0 spiro atoms. The van der Waals surface area contributed by atoms with Gasteiger partial charge in [0, 0.05) is 37.4 Å². The van der Waals surface area contributed by atoms with Crippen LogP contribution < -0.4 is 9.47 Å². The van der Waals surface area contributed by atoms with E-state index in [1.54, 1.807) is 70.3 Å². The maximum atomic E-state index is 12.5. The van der Waals surface area contributed by atoms with E-state index in [2.05, 4.69) is 20.6 Å². The summed E-state index contributed by atoms with van der Waals surface area (Å²) in [6, 6.07) is 18.5. The van der Waals surface area contributed by atoms with Gasteiger partial charge < -0.3 is 18.9 Å². The first-order chi connectivity index (χ1) is 30.3. The van der Waals surface area contributed by atoms with Crippen LogP contribution in [0.25, 0.3) is 0 Å². The Labute approximate surface area is 354 Å². The highest BCUT2D eigenvalue weighted by Crippen LogP contribution is 2.25. The topological polar surface area (TPSA) is 305 Å². The third kappa shape index (κ3) is 12.7. The van der Waals surface area contributed by atoms with Gasteiger partial charge in [0.1, 0.15) is 49.3 Å². The largest absolute Gasteiger partial charge is 0.487 e. The molecule has 24 heteroatoms. The van der Waals surface area contributed by atoms with Gasteiger partial charge in [0.05, 0.1) is 55.3 Å². The van der Waals surface area contributed by atoms with Gasteiger partial charge in [-0.3, -0.25) is 49.8 Å². The SMILES string of the molecule is O=C(OCc1ccc(OCc2cn(CCCCCn3cc(COc4ccc(COC(=O)c5cc([N+](=O)[O-])cc([N+](=O)[O-])c5)cc4)nn3)nn2)cc1)c1cc([N+](=O)[O-])cc([N+](=O)[O-])c1. The summed E-state index contributed by atoms with van der Waals surface area (Å²) in [5.41, 5.74) is -0.613. The lowest BCUT2D eigenvalue weighted by atomic mass is 10.1. The van der Waals surface area contributed by atoms with Gasteiger partial charge in [0.15, 0.2) is 0 Å². The molecule has 0 unspecified atom stereocenters. The predicted octanol–water partition coefficient (Wildman–Crippen LogP) is 6.24. The van der Waals surface area contributed by atoms with Crippen LogP contribution in [0.1, 0.15) is 62.5 Å². The minimum Gasteiger partial charge on any atom is -0.487 e. The molecule has 0 N–H and O–H groups in total. The highest BCUT2D eigenvalue weighted by atomic mass is 16.6. The van der Waals surface area contributed by atoms with E-state index in [0.29, 0.717) is 47.1 Å². The Kier molecular flexibility index (Phi) is 14.3. The van der Waals surface area contributed by atoms with Gasteiger partial charge in [-0.2, -0.15) is 0 Å². The van der Waals surface area contributed by atoms with Crippen molar-refractivity contribution in [3.05, 3.63) is 171 Å². The normalized spacial score (nSPS) is 10.8. The first-order valence-corrected chi connectivity index (χ1v) is 18.7. The van der Waals surface area contributed by atoms with E-state index < -0.39 is 54.4 Å². The van der Waals surface area contributed by atoms with Crippen molar-refractivity contribution in [3.63, 3.8) is 0 Å². The third-order valence-corrected chi connectivity index (χ3v) is 8.93. The molecule has 0 aliphatic rings. The number of nitrogens with zero attached hydrogens (tertiary/aromatic N) is 10.